The molecular formula is C23H24N4O4. The van der Waals surface area contributed by atoms with Crippen LogP contribution in [-0.4, -0.2) is 33.9 Å². The zero-order valence-electron chi connectivity index (χ0n) is 17.8. The molecule has 3 rings (SSSR count). The Kier molecular flexibility index (Phi) is 6.49. The number of hydrogen-bond acceptors (Lipinski definition) is 5. The summed E-state index contributed by atoms with van der Waals surface area (Å²) in [6, 6.07) is 13.4. The molecule has 8 heteroatoms. The van der Waals surface area contributed by atoms with Gasteiger partial charge in [-0.25, -0.2) is 9.78 Å². The van der Waals surface area contributed by atoms with Crippen LogP contribution in [0.4, 0.5) is 11.4 Å². The third-order valence-corrected chi connectivity index (χ3v) is 4.65. The van der Waals surface area contributed by atoms with Crippen LogP contribution < -0.4 is 10.6 Å². The fourth-order valence-corrected chi connectivity index (χ4v) is 2.81. The number of benzene rings is 2. The number of esters is 1. The number of amides is 2. The second-order valence-corrected chi connectivity index (χ2v) is 7.17. The van der Waals surface area contributed by atoms with Gasteiger partial charge < -0.3 is 20.4 Å². The molecule has 0 fully saturated rings. The number of nitrogens with zero attached hydrogens (tertiary/aromatic N) is 1. The molecule has 0 saturated heterocycles. The number of aromatic nitrogens is 2. The van der Waals surface area contributed by atoms with E-state index in [0.29, 0.717) is 16.9 Å². The van der Waals surface area contributed by atoms with Gasteiger partial charge in [0.25, 0.3) is 5.91 Å². The van der Waals surface area contributed by atoms with Crippen molar-refractivity contribution in [2.75, 3.05) is 10.6 Å². The van der Waals surface area contributed by atoms with E-state index in [2.05, 4.69) is 20.6 Å². The lowest BCUT2D eigenvalue weighted by Gasteiger charge is -2.14. The first kappa shape index (κ1) is 21.8. The van der Waals surface area contributed by atoms with Gasteiger partial charge in [-0.15, -0.1) is 0 Å². The van der Waals surface area contributed by atoms with Gasteiger partial charge in [0, 0.05) is 29.6 Å². The highest BCUT2D eigenvalue weighted by molar-refractivity contribution is 5.97. The van der Waals surface area contributed by atoms with Crippen LogP contribution >= 0.6 is 0 Å². The lowest BCUT2D eigenvalue weighted by atomic mass is 10.1. The number of aromatic amines is 1. The third-order valence-electron chi connectivity index (χ3n) is 4.65. The lowest BCUT2D eigenvalue weighted by molar-refractivity contribution is -0.123. The molecule has 2 aromatic carbocycles. The van der Waals surface area contributed by atoms with E-state index in [-0.39, 0.29) is 5.91 Å². The lowest BCUT2D eigenvalue weighted by Crippen LogP contribution is -2.30. The molecule has 1 aromatic heterocycles. The van der Waals surface area contributed by atoms with E-state index < -0.39 is 18.0 Å². The van der Waals surface area contributed by atoms with Gasteiger partial charge in [-0.05, 0) is 57.2 Å². The number of rotatable bonds is 6. The van der Waals surface area contributed by atoms with Gasteiger partial charge >= 0.3 is 5.97 Å². The second kappa shape index (κ2) is 9.25. The predicted molar refractivity (Wildman–Crippen MR) is 118 cm³/mol. The van der Waals surface area contributed by atoms with Crippen LogP contribution in [0.3, 0.4) is 0 Å². The quantitative estimate of drug-likeness (QED) is 0.525. The minimum Gasteiger partial charge on any atom is -0.449 e. The molecule has 0 aliphatic carbocycles. The molecule has 0 saturated carbocycles. The van der Waals surface area contributed by atoms with Gasteiger partial charge in [0.05, 0.1) is 11.3 Å². The summed E-state index contributed by atoms with van der Waals surface area (Å²) in [4.78, 5) is 43.4. The molecule has 0 spiro atoms. The van der Waals surface area contributed by atoms with Crippen LogP contribution in [-0.2, 0) is 14.3 Å². The number of ether oxygens (including phenoxy) is 1. The molecular weight excluding hydrogens is 396 g/mol. The summed E-state index contributed by atoms with van der Waals surface area (Å²) < 4.78 is 5.28. The Balaban J connectivity index is 1.58. The van der Waals surface area contributed by atoms with Crippen molar-refractivity contribution in [3.8, 4) is 11.4 Å². The molecule has 1 unspecified atom stereocenters. The third kappa shape index (κ3) is 5.57. The molecule has 2 amide bonds. The maximum Gasteiger partial charge on any atom is 0.338 e. The van der Waals surface area contributed by atoms with Crippen molar-refractivity contribution < 1.29 is 19.1 Å². The number of carbonyl (C=O) groups excluding carboxylic acids is 3. The SMILES string of the molecule is CC(=O)Nc1ccc(NC(=O)C(C)OC(=O)c2ccc(-c3nc(C)c(C)[nH]3)cc2)cc1. The van der Waals surface area contributed by atoms with Crippen LogP contribution in [0.25, 0.3) is 11.4 Å². The van der Waals surface area contributed by atoms with Gasteiger partial charge in [-0.1, -0.05) is 12.1 Å². The maximum absolute atomic E-state index is 12.4. The summed E-state index contributed by atoms with van der Waals surface area (Å²) in [5, 5.41) is 5.32. The number of nitrogens with one attached hydrogen (secondary N) is 3. The summed E-state index contributed by atoms with van der Waals surface area (Å²) >= 11 is 0. The summed E-state index contributed by atoms with van der Waals surface area (Å²) in [6.07, 6.45) is -0.988. The molecule has 0 aliphatic heterocycles. The van der Waals surface area contributed by atoms with E-state index in [1.807, 2.05) is 13.8 Å². The average Bonchev–Trinajstić information content (AvgIpc) is 3.07. The van der Waals surface area contributed by atoms with Gasteiger partial charge in [-0.2, -0.15) is 0 Å². The van der Waals surface area contributed by atoms with Gasteiger partial charge in [-0.3, -0.25) is 9.59 Å². The van der Waals surface area contributed by atoms with Crippen LogP contribution in [0.15, 0.2) is 48.5 Å². The van der Waals surface area contributed by atoms with Crippen LogP contribution in [0.5, 0.6) is 0 Å². The number of carbonyl (C=O) groups is 3. The molecule has 3 aromatic rings. The first-order valence-corrected chi connectivity index (χ1v) is 9.76. The minimum absolute atomic E-state index is 0.181. The Morgan fingerprint density at radius 1 is 0.935 bits per heavy atom. The van der Waals surface area contributed by atoms with Crippen molar-refractivity contribution in [1.82, 2.24) is 9.97 Å². The summed E-state index contributed by atoms with van der Waals surface area (Å²) in [7, 11) is 0. The Morgan fingerprint density at radius 2 is 1.52 bits per heavy atom. The number of hydrogen-bond donors (Lipinski definition) is 3. The Morgan fingerprint density at radius 3 is 2.03 bits per heavy atom. The summed E-state index contributed by atoms with van der Waals surface area (Å²) in [5.41, 5.74) is 4.24. The molecule has 0 aliphatic rings. The van der Waals surface area contributed by atoms with E-state index in [4.69, 9.17) is 4.74 Å². The van der Waals surface area contributed by atoms with Crippen molar-refractivity contribution in [3.63, 3.8) is 0 Å². The number of imidazole rings is 1. The number of anilines is 2. The zero-order chi connectivity index (χ0) is 22.5. The zero-order valence-corrected chi connectivity index (χ0v) is 17.8. The van der Waals surface area contributed by atoms with Gasteiger partial charge in [0.2, 0.25) is 5.91 Å². The first-order chi connectivity index (χ1) is 14.7. The van der Waals surface area contributed by atoms with E-state index in [0.717, 1.165) is 22.8 Å². The van der Waals surface area contributed by atoms with Crippen molar-refractivity contribution in [3.05, 3.63) is 65.5 Å². The van der Waals surface area contributed by atoms with Crippen molar-refractivity contribution in [2.24, 2.45) is 0 Å². The standard InChI is InChI=1S/C23H24N4O4/c1-13-14(2)25-21(24-13)17-5-7-18(8-6-17)23(30)31-15(3)22(29)27-20-11-9-19(10-12-20)26-16(4)28/h5-12,15H,1-4H3,(H,24,25)(H,26,28)(H,27,29). The highest BCUT2D eigenvalue weighted by Gasteiger charge is 2.19. The molecule has 1 heterocycles. The smallest absolute Gasteiger partial charge is 0.338 e. The fraction of sp³-hybridized carbons (Fsp3) is 0.217. The van der Waals surface area contributed by atoms with E-state index in [1.165, 1.54) is 13.8 Å². The normalized spacial score (nSPS) is 11.5. The van der Waals surface area contributed by atoms with E-state index in [1.54, 1.807) is 48.5 Å². The van der Waals surface area contributed by atoms with Gasteiger partial charge in [0.15, 0.2) is 6.10 Å². The minimum atomic E-state index is -0.988. The monoisotopic (exact) mass is 420 g/mol. The second-order valence-electron chi connectivity index (χ2n) is 7.17. The number of aryl methyl sites for hydroxylation is 2. The van der Waals surface area contributed by atoms with Crippen LogP contribution in [0.1, 0.15) is 35.6 Å². The van der Waals surface area contributed by atoms with Crippen molar-refractivity contribution >= 4 is 29.2 Å². The van der Waals surface area contributed by atoms with E-state index in [9.17, 15) is 14.4 Å². The molecule has 0 radical (unpaired) electrons. The number of H-pyrrole nitrogens is 1. The van der Waals surface area contributed by atoms with Crippen LogP contribution in [0.2, 0.25) is 0 Å². The maximum atomic E-state index is 12.4. The average molecular weight is 420 g/mol. The largest absolute Gasteiger partial charge is 0.449 e. The van der Waals surface area contributed by atoms with Crippen LogP contribution in [0, 0.1) is 13.8 Å². The molecule has 31 heavy (non-hydrogen) atoms. The van der Waals surface area contributed by atoms with Gasteiger partial charge in [0.1, 0.15) is 5.82 Å². The molecule has 160 valence electrons. The highest BCUT2D eigenvalue weighted by atomic mass is 16.5. The van der Waals surface area contributed by atoms with E-state index >= 15 is 0 Å². The Bertz CT molecular complexity index is 1080. The highest BCUT2D eigenvalue weighted by Crippen LogP contribution is 2.19. The Hall–Kier alpha value is -3.94. The molecule has 8 nitrogen and oxygen atoms in total. The topological polar surface area (TPSA) is 113 Å². The van der Waals surface area contributed by atoms with Crippen molar-refractivity contribution in [2.45, 2.75) is 33.8 Å². The predicted octanol–water partition coefficient (Wildman–Crippen LogP) is 3.84. The Labute approximate surface area is 180 Å². The molecule has 0 bridgehead atoms. The summed E-state index contributed by atoms with van der Waals surface area (Å²) in [6.45, 7) is 6.78. The fourth-order valence-electron chi connectivity index (χ4n) is 2.81. The summed E-state index contributed by atoms with van der Waals surface area (Å²) in [5.74, 6) is -0.507. The first-order valence-electron chi connectivity index (χ1n) is 9.76. The van der Waals surface area contributed by atoms with Crippen molar-refractivity contribution in [1.29, 1.82) is 0 Å². The molecule has 1 atom stereocenters. The molecule has 3 N–H and O–H groups in total.